The van der Waals surface area contributed by atoms with Gasteiger partial charge >= 0.3 is 0 Å². The highest BCUT2D eigenvalue weighted by Crippen LogP contribution is 2.32. The Hall–Kier alpha value is -1.55. The molecule has 0 bridgehead atoms. The Morgan fingerprint density at radius 3 is 2.94 bits per heavy atom. The zero-order valence-electron chi connectivity index (χ0n) is 10.0. The van der Waals surface area contributed by atoms with Crippen LogP contribution in [0.1, 0.15) is 25.3 Å². The summed E-state index contributed by atoms with van der Waals surface area (Å²) in [7, 11) is 0. The molecule has 92 valence electrons. The summed E-state index contributed by atoms with van der Waals surface area (Å²) in [6.07, 6.45) is 1.58. The lowest BCUT2D eigenvalue weighted by Crippen LogP contribution is -2.42. The molecule has 0 heterocycles. The molecule has 0 aliphatic heterocycles. The molecule has 1 aliphatic rings. The summed E-state index contributed by atoms with van der Waals surface area (Å²) >= 11 is 0. The second kappa shape index (κ2) is 4.75. The fraction of sp³-hybridized carbons (Fsp3) is 0.462. The molecular weight excluding hydrogens is 216 g/mol. The van der Waals surface area contributed by atoms with Gasteiger partial charge in [-0.05, 0) is 37.5 Å². The average Bonchev–Trinajstić information content (AvgIpc) is 3.07. The Kier molecular flexibility index (Phi) is 3.33. The number of nitrogens with one attached hydrogen (secondary N) is 1. The molecule has 0 unspecified atom stereocenters. The van der Waals surface area contributed by atoms with Gasteiger partial charge < -0.3 is 15.8 Å². The summed E-state index contributed by atoms with van der Waals surface area (Å²) in [5.74, 6) is 0.771. The highest BCUT2D eigenvalue weighted by atomic mass is 16.5. The average molecular weight is 234 g/mol. The number of carbonyl (C=O) groups is 1. The number of ether oxygens (including phenoxy) is 1. The zero-order chi connectivity index (χ0) is 12.3. The van der Waals surface area contributed by atoms with E-state index in [1.165, 1.54) is 0 Å². The van der Waals surface area contributed by atoms with Crippen molar-refractivity contribution in [3.05, 3.63) is 29.8 Å². The highest BCUT2D eigenvalue weighted by Gasteiger charge is 2.45. The van der Waals surface area contributed by atoms with E-state index in [9.17, 15) is 4.79 Å². The van der Waals surface area contributed by atoms with Gasteiger partial charge in [0.1, 0.15) is 5.75 Å². The van der Waals surface area contributed by atoms with E-state index >= 15 is 0 Å². The Bertz CT molecular complexity index is 414. The third-order valence-electron chi connectivity index (χ3n) is 2.90. The summed E-state index contributed by atoms with van der Waals surface area (Å²) in [5.41, 5.74) is 6.22. The van der Waals surface area contributed by atoms with Crippen molar-refractivity contribution in [3.63, 3.8) is 0 Å². The van der Waals surface area contributed by atoms with Crippen molar-refractivity contribution in [2.45, 2.75) is 31.8 Å². The van der Waals surface area contributed by atoms with Crippen molar-refractivity contribution >= 4 is 5.91 Å². The summed E-state index contributed by atoms with van der Waals surface area (Å²) in [6.45, 7) is 3.08. The van der Waals surface area contributed by atoms with Crippen LogP contribution in [-0.2, 0) is 11.3 Å². The second-order valence-electron chi connectivity index (χ2n) is 4.42. The predicted molar refractivity (Wildman–Crippen MR) is 65.6 cm³/mol. The van der Waals surface area contributed by atoms with Crippen molar-refractivity contribution in [1.82, 2.24) is 5.32 Å². The quantitative estimate of drug-likeness (QED) is 0.804. The maximum absolute atomic E-state index is 11.6. The fourth-order valence-corrected chi connectivity index (χ4v) is 1.63. The molecule has 1 aromatic carbocycles. The van der Waals surface area contributed by atoms with Crippen LogP contribution < -0.4 is 15.8 Å². The van der Waals surface area contributed by atoms with Gasteiger partial charge in [-0.3, -0.25) is 4.79 Å². The first-order chi connectivity index (χ1) is 8.14. The Morgan fingerprint density at radius 1 is 1.53 bits per heavy atom. The lowest BCUT2D eigenvalue weighted by molar-refractivity contribution is -0.123. The maximum atomic E-state index is 11.6. The van der Waals surface area contributed by atoms with E-state index in [1.54, 1.807) is 0 Å². The van der Waals surface area contributed by atoms with Crippen molar-refractivity contribution in [2.24, 2.45) is 5.73 Å². The van der Waals surface area contributed by atoms with Crippen molar-refractivity contribution in [1.29, 1.82) is 0 Å². The molecule has 0 spiro atoms. The van der Waals surface area contributed by atoms with Gasteiger partial charge in [0.2, 0.25) is 5.91 Å². The van der Waals surface area contributed by atoms with Gasteiger partial charge in [0.25, 0.3) is 0 Å². The molecular formula is C13H18N2O2. The van der Waals surface area contributed by atoms with Crippen LogP contribution in [-0.4, -0.2) is 18.1 Å². The minimum atomic E-state index is -0.600. The molecule has 1 saturated carbocycles. The van der Waals surface area contributed by atoms with E-state index < -0.39 is 5.54 Å². The lowest BCUT2D eigenvalue weighted by Gasteiger charge is -2.11. The van der Waals surface area contributed by atoms with Crippen LogP contribution in [0.3, 0.4) is 0 Å². The molecule has 2 rings (SSSR count). The molecule has 0 radical (unpaired) electrons. The Labute approximate surface area is 101 Å². The number of benzene rings is 1. The SMILES string of the molecule is CCOc1cccc(CNC(=O)C2(N)CC2)c1. The highest BCUT2D eigenvalue weighted by molar-refractivity contribution is 5.88. The summed E-state index contributed by atoms with van der Waals surface area (Å²) in [5, 5.41) is 2.85. The Morgan fingerprint density at radius 2 is 2.29 bits per heavy atom. The van der Waals surface area contributed by atoms with E-state index in [2.05, 4.69) is 5.32 Å². The van der Waals surface area contributed by atoms with E-state index in [0.29, 0.717) is 13.2 Å². The van der Waals surface area contributed by atoms with Gasteiger partial charge in [-0.1, -0.05) is 12.1 Å². The third kappa shape index (κ3) is 2.97. The molecule has 17 heavy (non-hydrogen) atoms. The molecule has 0 saturated heterocycles. The summed E-state index contributed by atoms with van der Waals surface area (Å²) < 4.78 is 5.40. The number of nitrogens with two attached hydrogens (primary N) is 1. The first kappa shape index (κ1) is 11.9. The van der Waals surface area contributed by atoms with E-state index in [1.807, 2.05) is 31.2 Å². The van der Waals surface area contributed by atoms with Gasteiger partial charge in [-0.15, -0.1) is 0 Å². The summed E-state index contributed by atoms with van der Waals surface area (Å²) in [6, 6.07) is 7.71. The Balaban J connectivity index is 1.90. The normalized spacial score (nSPS) is 16.4. The largest absolute Gasteiger partial charge is 0.494 e. The van der Waals surface area contributed by atoms with E-state index in [-0.39, 0.29) is 5.91 Å². The number of hydrogen-bond donors (Lipinski definition) is 2. The molecule has 1 amide bonds. The monoisotopic (exact) mass is 234 g/mol. The predicted octanol–water partition coefficient (Wildman–Crippen LogP) is 1.19. The van der Waals surface area contributed by atoms with Crippen molar-refractivity contribution in [2.75, 3.05) is 6.61 Å². The maximum Gasteiger partial charge on any atom is 0.240 e. The van der Waals surface area contributed by atoms with Crippen LogP contribution in [0, 0.1) is 0 Å². The lowest BCUT2D eigenvalue weighted by atomic mass is 10.2. The van der Waals surface area contributed by atoms with Gasteiger partial charge in [-0.25, -0.2) is 0 Å². The van der Waals surface area contributed by atoms with Crippen LogP contribution >= 0.6 is 0 Å². The van der Waals surface area contributed by atoms with Crippen LogP contribution in [0.15, 0.2) is 24.3 Å². The fourth-order valence-electron chi connectivity index (χ4n) is 1.63. The van der Waals surface area contributed by atoms with Crippen LogP contribution in [0.2, 0.25) is 0 Å². The first-order valence-corrected chi connectivity index (χ1v) is 5.93. The van der Waals surface area contributed by atoms with Gasteiger partial charge in [0.05, 0.1) is 12.1 Å². The van der Waals surface area contributed by atoms with E-state index in [4.69, 9.17) is 10.5 Å². The topological polar surface area (TPSA) is 64.3 Å². The van der Waals surface area contributed by atoms with E-state index in [0.717, 1.165) is 24.2 Å². The first-order valence-electron chi connectivity index (χ1n) is 5.93. The summed E-state index contributed by atoms with van der Waals surface area (Å²) in [4.78, 5) is 11.6. The minimum absolute atomic E-state index is 0.0562. The minimum Gasteiger partial charge on any atom is -0.494 e. The molecule has 1 aromatic rings. The number of amides is 1. The molecule has 1 fully saturated rings. The zero-order valence-corrected chi connectivity index (χ0v) is 10.0. The molecule has 4 nitrogen and oxygen atoms in total. The van der Waals surface area contributed by atoms with Crippen molar-refractivity contribution in [3.8, 4) is 5.75 Å². The van der Waals surface area contributed by atoms with Gasteiger partial charge in [-0.2, -0.15) is 0 Å². The second-order valence-corrected chi connectivity index (χ2v) is 4.42. The molecule has 0 atom stereocenters. The van der Waals surface area contributed by atoms with Crippen LogP contribution in [0.25, 0.3) is 0 Å². The van der Waals surface area contributed by atoms with Gasteiger partial charge in [0.15, 0.2) is 0 Å². The molecule has 4 heteroatoms. The van der Waals surface area contributed by atoms with Crippen molar-refractivity contribution < 1.29 is 9.53 Å². The molecule has 3 N–H and O–H groups in total. The molecule has 1 aliphatic carbocycles. The molecule has 0 aromatic heterocycles. The van der Waals surface area contributed by atoms with Gasteiger partial charge in [0, 0.05) is 6.54 Å². The van der Waals surface area contributed by atoms with Crippen LogP contribution in [0.4, 0.5) is 0 Å². The van der Waals surface area contributed by atoms with Crippen LogP contribution in [0.5, 0.6) is 5.75 Å². The number of rotatable bonds is 5. The number of carbonyl (C=O) groups excluding carboxylic acids is 1. The standard InChI is InChI=1S/C13H18N2O2/c1-2-17-11-5-3-4-10(8-11)9-15-12(16)13(14)6-7-13/h3-5,8H,2,6-7,9,14H2,1H3,(H,15,16). The smallest absolute Gasteiger partial charge is 0.240 e. The third-order valence-corrected chi connectivity index (χ3v) is 2.90. The number of hydrogen-bond acceptors (Lipinski definition) is 3.